The fourth-order valence-corrected chi connectivity index (χ4v) is 8.69. The van der Waals surface area contributed by atoms with Crippen LogP contribution in [0.4, 0.5) is 17.1 Å². The highest BCUT2D eigenvalue weighted by Gasteiger charge is 2.24. The maximum atomic E-state index is 6.55. The van der Waals surface area contributed by atoms with Gasteiger partial charge in [0.2, 0.25) is 0 Å². The fourth-order valence-electron chi connectivity index (χ4n) is 8.69. The summed E-state index contributed by atoms with van der Waals surface area (Å²) in [6.45, 7) is 0. The van der Waals surface area contributed by atoms with Gasteiger partial charge < -0.3 is 18.2 Å². The van der Waals surface area contributed by atoms with Crippen LogP contribution >= 0.6 is 0 Å². The van der Waals surface area contributed by atoms with E-state index in [0.717, 1.165) is 111 Å². The number of fused-ring (bicyclic) bond motifs is 10. The van der Waals surface area contributed by atoms with Crippen molar-refractivity contribution in [1.82, 2.24) is 0 Å². The van der Waals surface area contributed by atoms with Gasteiger partial charge in [0.05, 0.1) is 16.8 Å². The van der Waals surface area contributed by atoms with Crippen LogP contribution in [-0.4, -0.2) is 0 Å². The molecule has 0 unspecified atom stereocenters. The van der Waals surface area contributed by atoms with Crippen molar-refractivity contribution in [2.75, 3.05) is 4.90 Å². The summed E-state index contributed by atoms with van der Waals surface area (Å²) in [6.07, 6.45) is 0. The Morgan fingerprint density at radius 2 is 0.857 bits per heavy atom. The number of rotatable bonds is 5. The summed E-state index contributed by atoms with van der Waals surface area (Å²) in [5.74, 6) is 0. The zero-order valence-electron chi connectivity index (χ0n) is 30.1. The predicted octanol–water partition coefficient (Wildman–Crippen LogP) is 15.3. The van der Waals surface area contributed by atoms with Crippen LogP contribution in [0.3, 0.4) is 0 Å². The number of hydrogen-bond donors (Lipinski definition) is 0. The van der Waals surface area contributed by atoms with Crippen LogP contribution in [0.1, 0.15) is 0 Å². The molecule has 0 spiro atoms. The summed E-state index contributed by atoms with van der Waals surface area (Å²) in [4.78, 5) is 2.38. The SMILES string of the molecule is c1ccc(N(c2ccc(-c3ccc4c(c3)oc3ccccc34)cc2)c2cccc3oc4ccccc4c23)c(-c2cccc3oc4cc5ccccc5cc4c23)c1. The Labute approximate surface area is 321 Å². The topological polar surface area (TPSA) is 42.7 Å². The van der Waals surface area contributed by atoms with Crippen LogP contribution in [0.15, 0.2) is 201 Å². The number of para-hydroxylation sites is 3. The molecular formula is C52H31NO3. The Kier molecular flexibility index (Phi) is 6.60. The van der Waals surface area contributed by atoms with Crippen molar-refractivity contribution in [3.05, 3.63) is 188 Å². The molecule has 0 fully saturated rings. The summed E-state index contributed by atoms with van der Waals surface area (Å²) in [5.41, 5.74) is 12.8. The van der Waals surface area contributed by atoms with E-state index in [2.05, 4.69) is 169 Å². The van der Waals surface area contributed by atoms with E-state index in [0.29, 0.717) is 0 Å². The van der Waals surface area contributed by atoms with E-state index in [-0.39, 0.29) is 0 Å². The normalized spacial score (nSPS) is 11.9. The standard InChI is InChI=1S/C52H31NO3/c1-2-12-34-30-50-42(29-33(34)11-1)51-40(16-9-21-47(51)56-50)37-13-3-6-17-43(37)53(44-18-10-22-48-52(44)41-15-5-8-20-46(41)54-48)36-26-23-32(24-27-36)35-25-28-39-38-14-4-7-19-45(38)55-49(39)31-35/h1-31H. The lowest BCUT2D eigenvalue weighted by atomic mass is 9.95. The first kappa shape index (κ1) is 30.9. The van der Waals surface area contributed by atoms with E-state index < -0.39 is 0 Å². The van der Waals surface area contributed by atoms with Gasteiger partial charge >= 0.3 is 0 Å². The molecule has 0 aliphatic carbocycles. The van der Waals surface area contributed by atoms with Crippen molar-refractivity contribution < 1.29 is 13.3 Å². The molecule has 0 bridgehead atoms. The monoisotopic (exact) mass is 717 g/mol. The minimum Gasteiger partial charge on any atom is -0.456 e. The molecule has 0 N–H and O–H groups in total. The molecule has 0 aliphatic heterocycles. The lowest BCUT2D eigenvalue weighted by Gasteiger charge is -2.29. The summed E-state index contributed by atoms with van der Waals surface area (Å²) in [5, 5.41) is 8.94. The molecule has 4 heteroatoms. The lowest BCUT2D eigenvalue weighted by molar-refractivity contribution is 0.668. The predicted molar refractivity (Wildman–Crippen MR) is 231 cm³/mol. The molecule has 12 aromatic rings. The van der Waals surface area contributed by atoms with E-state index in [1.807, 2.05) is 24.3 Å². The smallest absolute Gasteiger partial charge is 0.137 e. The molecule has 3 heterocycles. The molecule has 12 rings (SSSR count). The van der Waals surface area contributed by atoms with Crippen LogP contribution in [-0.2, 0) is 0 Å². The van der Waals surface area contributed by atoms with Crippen molar-refractivity contribution in [2.45, 2.75) is 0 Å². The molecule has 0 saturated carbocycles. The fraction of sp³-hybridized carbons (Fsp3) is 0. The van der Waals surface area contributed by atoms with Crippen LogP contribution in [0.25, 0.3) is 98.8 Å². The zero-order chi connectivity index (χ0) is 36.7. The van der Waals surface area contributed by atoms with Crippen LogP contribution < -0.4 is 4.90 Å². The molecule has 0 aliphatic rings. The van der Waals surface area contributed by atoms with Crippen LogP contribution in [0.5, 0.6) is 0 Å². The third-order valence-corrected chi connectivity index (χ3v) is 11.3. The molecule has 3 aromatic heterocycles. The highest BCUT2D eigenvalue weighted by Crippen LogP contribution is 2.48. The molecule has 0 amide bonds. The molecule has 9 aromatic carbocycles. The number of nitrogens with zero attached hydrogens (tertiary/aromatic N) is 1. The van der Waals surface area contributed by atoms with Gasteiger partial charge in [0.25, 0.3) is 0 Å². The van der Waals surface area contributed by atoms with Crippen molar-refractivity contribution in [3.63, 3.8) is 0 Å². The third-order valence-electron chi connectivity index (χ3n) is 11.3. The number of anilines is 3. The number of furan rings is 3. The van der Waals surface area contributed by atoms with Gasteiger partial charge in [-0.2, -0.15) is 0 Å². The minimum atomic E-state index is 0.844. The van der Waals surface area contributed by atoms with E-state index in [9.17, 15) is 0 Å². The molecule has 0 atom stereocenters. The van der Waals surface area contributed by atoms with E-state index in [1.165, 1.54) is 5.39 Å². The Hall–Kier alpha value is -7.56. The second kappa shape index (κ2) is 12.0. The van der Waals surface area contributed by atoms with Crippen molar-refractivity contribution in [1.29, 1.82) is 0 Å². The summed E-state index contributed by atoms with van der Waals surface area (Å²) in [6, 6.07) is 66.2. The highest BCUT2D eigenvalue weighted by molar-refractivity contribution is 6.18. The van der Waals surface area contributed by atoms with E-state index >= 15 is 0 Å². The first-order valence-corrected chi connectivity index (χ1v) is 18.9. The van der Waals surface area contributed by atoms with Gasteiger partial charge in [-0.1, -0.05) is 115 Å². The average Bonchev–Trinajstić information content (AvgIpc) is 3.94. The molecule has 0 radical (unpaired) electrons. The molecule has 56 heavy (non-hydrogen) atoms. The molecule has 0 saturated heterocycles. The van der Waals surface area contributed by atoms with Crippen molar-refractivity contribution in [2.24, 2.45) is 0 Å². The quantitative estimate of drug-likeness (QED) is 0.178. The molecule has 4 nitrogen and oxygen atoms in total. The zero-order valence-corrected chi connectivity index (χ0v) is 30.1. The molecule has 262 valence electrons. The summed E-state index contributed by atoms with van der Waals surface area (Å²) in [7, 11) is 0. The van der Waals surface area contributed by atoms with Gasteiger partial charge in [0.15, 0.2) is 0 Å². The maximum Gasteiger partial charge on any atom is 0.137 e. The second-order valence-corrected chi connectivity index (χ2v) is 14.4. The first-order valence-electron chi connectivity index (χ1n) is 18.9. The number of benzene rings is 9. The minimum absolute atomic E-state index is 0.844. The van der Waals surface area contributed by atoms with Crippen molar-refractivity contribution >= 4 is 93.7 Å². The summed E-state index contributed by atoms with van der Waals surface area (Å²) >= 11 is 0. The Morgan fingerprint density at radius 1 is 0.304 bits per heavy atom. The van der Waals surface area contributed by atoms with Gasteiger partial charge in [-0.15, -0.1) is 0 Å². The lowest BCUT2D eigenvalue weighted by Crippen LogP contribution is -2.11. The molecular weight excluding hydrogens is 687 g/mol. The van der Waals surface area contributed by atoms with Crippen LogP contribution in [0.2, 0.25) is 0 Å². The Morgan fingerprint density at radius 3 is 1.71 bits per heavy atom. The largest absolute Gasteiger partial charge is 0.456 e. The van der Waals surface area contributed by atoms with Gasteiger partial charge in [0, 0.05) is 38.2 Å². The van der Waals surface area contributed by atoms with E-state index in [1.54, 1.807) is 0 Å². The van der Waals surface area contributed by atoms with Gasteiger partial charge in [-0.3, -0.25) is 0 Å². The first-order chi connectivity index (χ1) is 27.7. The third kappa shape index (κ3) is 4.66. The maximum absolute atomic E-state index is 6.55. The Balaban J connectivity index is 1.07. The summed E-state index contributed by atoms with van der Waals surface area (Å²) < 4.78 is 19.3. The van der Waals surface area contributed by atoms with Gasteiger partial charge in [0.1, 0.15) is 33.5 Å². The van der Waals surface area contributed by atoms with Gasteiger partial charge in [-0.25, -0.2) is 0 Å². The highest BCUT2D eigenvalue weighted by atomic mass is 16.3. The Bertz CT molecular complexity index is 3490. The van der Waals surface area contributed by atoms with Crippen LogP contribution in [0, 0.1) is 0 Å². The van der Waals surface area contributed by atoms with Crippen molar-refractivity contribution in [3.8, 4) is 22.3 Å². The van der Waals surface area contributed by atoms with Gasteiger partial charge in [-0.05, 0) is 100 Å². The number of hydrogen-bond acceptors (Lipinski definition) is 4. The average molecular weight is 718 g/mol. The second-order valence-electron chi connectivity index (χ2n) is 14.4. The van der Waals surface area contributed by atoms with E-state index in [4.69, 9.17) is 13.3 Å².